The van der Waals surface area contributed by atoms with Crippen molar-refractivity contribution in [3.05, 3.63) is 0 Å². The van der Waals surface area contributed by atoms with Crippen LogP contribution in [0, 0.1) is 5.92 Å². The largest absolute Gasteiger partial charge is 0.480 e. The number of nitrogens with one attached hydrogen (secondary N) is 4. The van der Waals surface area contributed by atoms with E-state index in [4.69, 9.17) is 5.73 Å². The molecule has 6 atom stereocenters. The van der Waals surface area contributed by atoms with E-state index in [2.05, 4.69) is 21.3 Å². The summed E-state index contributed by atoms with van der Waals surface area (Å²) in [6, 6.07) is -3.79. The summed E-state index contributed by atoms with van der Waals surface area (Å²) >= 11 is 0. The summed E-state index contributed by atoms with van der Waals surface area (Å²) in [5, 5.41) is 30.2. The molecule has 1 aliphatic rings. The lowest BCUT2D eigenvalue weighted by Gasteiger charge is -2.29. The van der Waals surface area contributed by atoms with Gasteiger partial charge in [0.05, 0.1) is 12.1 Å². The third-order valence-electron chi connectivity index (χ3n) is 5.79. The number of hydrogen-bond acceptors (Lipinski definition) is 7. The molecule has 11 heteroatoms. The zero-order valence-corrected chi connectivity index (χ0v) is 19.2. The minimum Gasteiger partial charge on any atom is -0.480 e. The lowest BCUT2D eigenvalue weighted by Crippen LogP contribution is -2.60. The molecule has 0 aromatic rings. The molecular formula is C21H39N5O6. The fraction of sp³-hybridized carbons (Fsp3) is 0.810. The van der Waals surface area contributed by atoms with Crippen molar-refractivity contribution in [1.29, 1.82) is 0 Å². The maximum absolute atomic E-state index is 13.0. The Labute approximate surface area is 189 Å². The zero-order valence-electron chi connectivity index (χ0n) is 19.2. The number of carboxylic acid groups (broad SMARTS) is 1. The molecule has 6 unspecified atom stereocenters. The van der Waals surface area contributed by atoms with Crippen molar-refractivity contribution in [1.82, 2.24) is 21.3 Å². The summed E-state index contributed by atoms with van der Waals surface area (Å²) in [6.45, 7) is 6.16. The van der Waals surface area contributed by atoms with Gasteiger partial charge < -0.3 is 37.2 Å². The van der Waals surface area contributed by atoms with E-state index < -0.39 is 42.0 Å². The smallest absolute Gasteiger partial charge is 0.326 e. The van der Waals surface area contributed by atoms with Crippen molar-refractivity contribution in [2.24, 2.45) is 11.7 Å². The lowest BCUT2D eigenvalue weighted by molar-refractivity contribution is -0.143. The Hall–Kier alpha value is -2.24. The first-order valence-corrected chi connectivity index (χ1v) is 11.4. The van der Waals surface area contributed by atoms with Crippen LogP contribution < -0.4 is 27.0 Å². The summed E-state index contributed by atoms with van der Waals surface area (Å²) in [7, 11) is 0. The molecule has 184 valence electrons. The topological polar surface area (TPSA) is 183 Å². The van der Waals surface area contributed by atoms with Crippen LogP contribution in [0.4, 0.5) is 0 Å². The first-order chi connectivity index (χ1) is 15.1. The van der Waals surface area contributed by atoms with Gasteiger partial charge in [-0.1, -0.05) is 20.3 Å². The van der Waals surface area contributed by atoms with Crippen LogP contribution in [0.15, 0.2) is 0 Å². The maximum Gasteiger partial charge on any atom is 0.326 e. The van der Waals surface area contributed by atoms with Crippen LogP contribution in [-0.2, 0) is 19.2 Å². The minimum atomic E-state index is -1.37. The number of nitrogens with two attached hydrogens (primary N) is 1. The van der Waals surface area contributed by atoms with Gasteiger partial charge >= 0.3 is 5.97 Å². The highest BCUT2D eigenvalue weighted by atomic mass is 16.4. The Balaban J connectivity index is 2.86. The van der Waals surface area contributed by atoms with Gasteiger partial charge in [-0.2, -0.15) is 0 Å². The van der Waals surface area contributed by atoms with Crippen LogP contribution in [-0.4, -0.2) is 77.3 Å². The van der Waals surface area contributed by atoms with E-state index in [0.717, 1.165) is 13.0 Å². The number of aliphatic hydroxyl groups excluding tert-OH is 1. The molecule has 0 aliphatic carbocycles. The van der Waals surface area contributed by atoms with Crippen molar-refractivity contribution in [2.45, 2.75) is 89.6 Å². The number of unbranched alkanes of at least 4 members (excludes halogenated alkanes) is 1. The van der Waals surface area contributed by atoms with Crippen molar-refractivity contribution in [3.63, 3.8) is 0 Å². The normalized spacial score (nSPS) is 20.5. The summed E-state index contributed by atoms with van der Waals surface area (Å²) in [4.78, 5) is 49.7. The van der Waals surface area contributed by atoms with E-state index in [0.29, 0.717) is 32.2 Å². The number of carbonyl (C=O) groups excluding carboxylic acids is 3. The van der Waals surface area contributed by atoms with Crippen LogP contribution >= 0.6 is 0 Å². The predicted octanol–water partition coefficient (Wildman–Crippen LogP) is -1.17. The highest BCUT2D eigenvalue weighted by molar-refractivity contribution is 5.94. The molecule has 1 heterocycles. The van der Waals surface area contributed by atoms with Gasteiger partial charge in [0, 0.05) is 0 Å². The van der Waals surface area contributed by atoms with Crippen molar-refractivity contribution >= 4 is 23.7 Å². The van der Waals surface area contributed by atoms with Crippen LogP contribution in [0.25, 0.3) is 0 Å². The molecule has 1 rings (SSSR count). The fourth-order valence-electron chi connectivity index (χ4n) is 3.52. The molecule has 1 saturated heterocycles. The average Bonchev–Trinajstić information content (AvgIpc) is 3.28. The van der Waals surface area contributed by atoms with E-state index in [1.165, 1.54) is 6.92 Å². The molecule has 0 bridgehead atoms. The number of hydrogen-bond donors (Lipinski definition) is 7. The summed E-state index contributed by atoms with van der Waals surface area (Å²) in [5.74, 6) is -3.13. The van der Waals surface area contributed by atoms with Gasteiger partial charge in [-0.25, -0.2) is 4.79 Å². The van der Waals surface area contributed by atoms with E-state index in [1.54, 1.807) is 0 Å². The van der Waals surface area contributed by atoms with Gasteiger partial charge in [0.25, 0.3) is 0 Å². The quantitative estimate of drug-likeness (QED) is 0.159. The van der Waals surface area contributed by atoms with Crippen LogP contribution in [0.3, 0.4) is 0 Å². The van der Waals surface area contributed by atoms with Gasteiger partial charge in [0.15, 0.2) is 0 Å². The van der Waals surface area contributed by atoms with E-state index in [-0.39, 0.29) is 24.3 Å². The SMILES string of the molecule is CCC(C)C(NC(=O)C1CCCN1)C(=O)NC(C(=O)NC(CCCCN)C(=O)O)C(C)O. The second-order valence-electron chi connectivity index (χ2n) is 8.43. The molecule has 3 amide bonds. The Morgan fingerprint density at radius 2 is 1.72 bits per heavy atom. The molecule has 8 N–H and O–H groups in total. The molecule has 32 heavy (non-hydrogen) atoms. The minimum absolute atomic E-state index is 0.179. The fourth-order valence-corrected chi connectivity index (χ4v) is 3.52. The van der Waals surface area contributed by atoms with Gasteiger partial charge in [0.2, 0.25) is 17.7 Å². The third kappa shape index (κ3) is 8.71. The van der Waals surface area contributed by atoms with Crippen molar-refractivity contribution in [2.75, 3.05) is 13.1 Å². The maximum atomic E-state index is 13.0. The molecule has 0 saturated carbocycles. The molecular weight excluding hydrogens is 418 g/mol. The molecule has 0 aromatic carbocycles. The van der Waals surface area contributed by atoms with Gasteiger partial charge in [-0.05, 0) is 58.0 Å². The molecule has 0 aromatic heterocycles. The molecule has 0 spiro atoms. The summed E-state index contributed by atoms with van der Waals surface area (Å²) in [5.41, 5.74) is 5.42. The standard InChI is InChI=1S/C21H39N5O6/c1-4-12(2)16(25-18(28)14-9-7-11-23-14)19(29)26-17(13(3)27)20(30)24-15(21(31)32)8-5-6-10-22/h12-17,23,27H,4-11,22H2,1-3H3,(H,24,30)(H,25,28)(H,26,29)(H,31,32). The first kappa shape index (κ1) is 27.8. The second kappa shape index (κ2) is 14.0. The number of aliphatic carboxylic acids is 1. The van der Waals surface area contributed by atoms with Gasteiger partial charge in [0.1, 0.15) is 18.1 Å². The number of aliphatic hydroxyl groups is 1. The Bertz CT molecular complexity index is 638. The van der Waals surface area contributed by atoms with Crippen LogP contribution in [0.1, 0.15) is 59.3 Å². The first-order valence-electron chi connectivity index (χ1n) is 11.4. The number of carboxylic acids is 1. The van der Waals surface area contributed by atoms with E-state index in [1.807, 2.05) is 13.8 Å². The van der Waals surface area contributed by atoms with Crippen LogP contribution in [0.5, 0.6) is 0 Å². The molecule has 1 aliphatic heterocycles. The molecule has 0 radical (unpaired) electrons. The number of rotatable bonds is 14. The van der Waals surface area contributed by atoms with Crippen molar-refractivity contribution in [3.8, 4) is 0 Å². The summed E-state index contributed by atoms with van der Waals surface area (Å²) < 4.78 is 0. The molecule has 1 fully saturated rings. The summed E-state index contributed by atoms with van der Waals surface area (Å²) in [6.07, 6.45) is 2.18. The Kier molecular flexibility index (Phi) is 12.2. The third-order valence-corrected chi connectivity index (χ3v) is 5.79. The highest BCUT2D eigenvalue weighted by Crippen LogP contribution is 2.12. The number of carbonyl (C=O) groups is 4. The van der Waals surface area contributed by atoms with Gasteiger partial charge in [-0.15, -0.1) is 0 Å². The second-order valence-corrected chi connectivity index (χ2v) is 8.43. The van der Waals surface area contributed by atoms with E-state index >= 15 is 0 Å². The van der Waals surface area contributed by atoms with Crippen molar-refractivity contribution < 1.29 is 29.4 Å². The lowest BCUT2D eigenvalue weighted by atomic mass is 9.97. The Morgan fingerprint density at radius 3 is 2.22 bits per heavy atom. The highest BCUT2D eigenvalue weighted by Gasteiger charge is 2.35. The van der Waals surface area contributed by atoms with E-state index in [9.17, 15) is 29.4 Å². The molecule has 11 nitrogen and oxygen atoms in total. The number of amides is 3. The van der Waals surface area contributed by atoms with Gasteiger partial charge in [-0.3, -0.25) is 14.4 Å². The Morgan fingerprint density at radius 1 is 1.06 bits per heavy atom. The zero-order chi connectivity index (χ0) is 24.3. The van der Waals surface area contributed by atoms with Crippen LogP contribution in [0.2, 0.25) is 0 Å². The monoisotopic (exact) mass is 457 g/mol. The predicted molar refractivity (Wildman–Crippen MR) is 118 cm³/mol. The average molecular weight is 458 g/mol.